The number of hydrogen-bond donors (Lipinski definition) is 2. The molecule has 1 saturated carbocycles. The van der Waals surface area contributed by atoms with E-state index in [4.69, 9.17) is 49.0 Å². The molecule has 5 atom stereocenters. The van der Waals surface area contributed by atoms with Crippen molar-refractivity contribution in [2.75, 3.05) is 19.8 Å². The molecule has 37 heavy (non-hydrogen) atoms. The molecular weight excluding hydrogens is 569 g/mol. The lowest BCUT2D eigenvalue weighted by Crippen LogP contribution is -2.72. The van der Waals surface area contributed by atoms with Crippen LogP contribution in [0.1, 0.15) is 33.1 Å². The molecule has 204 valence electrons. The summed E-state index contributed by atoms with van der Waals surface area (Å²) >= 11 is 18.4. The summed E-state index contributed by atoms with van der Waals surface area (Å²) < 4.78 is 14.2. The Morgan fingerprint density at radius 3 is 2.65 bits per heavy atom. The van der Waals surface area contributed by atoms with Gasteiger partial charge in [0, 0.05) is 5.25 Å². The number of hydrogen-bond acceptors (Lipinski definition) is 8. The molecule has 4 aliphatic rings. The highest BCUT2D eigenvalue weighted by molar-refractivity contribution is 8.00. The summed E-state index contributed by atoms with van der Waals surface area (Å²) in [6.07, 6.45) is 5.05. The lowest BCUT2D eigenvalue weighted by Gasteiger charge is -2.50. The fourth-order valence-corrected chi connectivity index (χ4v) is 5.76. The van der Waals surface area contributed by atoms with Gasteiger partial charge in [-0.05, 0) is 50.7 Å². The molecule has 1 saturated heterocycles. The number of fused-ring (bicyclic) bond motifs is 1. The topological polar surface area (TPSA) is 123 Å². The fourth-order valence-electron chi connectivity index (χ4n) is 4.27. The van der Waals surface area contributed by atoms with Crippen molar-refractivity contribution >= 4 is 70.4 Å². The minimum absolute atomic E-state index is 0.0247. The summed E-state index contributed by atoms with van der Waals surface area (Å²) in [5, 5.41) is 4.65. The maximum Gasteiger partial charge on any atom is 0.408 e. The number of alkyl carbamates (subject to hydrolysis) is 1. The van der Waals surface area contributed by atoms with Crippen molar-refractivity contribution in [1.82, 2.24) is 15.5 Å². The number of carbonyl (C=O) groups is 4. The van der Waals surface area contributed by atoms with E-state index in [9.17, 15) is 19.2 Å². The molecule has 10 nitrogen and oxygen atoms in total. The second-order valence-electron chi connectivity index (χ2n) is 9.31. The number of nitrogens with zero attached hydrogens (tertiary/aromatic N) is 1. The smallest absolute Gasteiger partial charge is 0.408 e. The minimum atomic E-state index is -1.79. The third-order valence-electron chi connectivity index (χ3n) is 6.33. The van der Waals surface area contributed by atoms with Gasteiger partial charge in [0.25, 0.3) is 5.91 Å². The average molecular weight is 597 g/mol. The molecule has 0 spiro atoms. The van der Waals surface area contributed by atoms with Gasteiger partial charge in [0.15, 0.2) is 0 Å². The Labute approximate surface area is 233 Å². The van der Waals surface area contributed by atoms with Crippen molar-refractivity contribution in [2.45, 2.75) is 65.7 Å². The third-order valence-corrected chi connectivity index (χ3v) is 7.99. The van der Waals surface area contributed by atoms with Crippen molar-refractivity contribution < 1.29 is 33.4 Å². The molecule has 0 aromatic heterocycles. The van der Waals surface area contributed by atoms with Gasteiger partial charge in [-0.1, -0.05) is 40.9 Å². The average Bonchev–Trinajstić information content (AvgIpc) is 3.69. The molecular formula is C23H28Cl3N3O7S. The van der Waals surface area contributed by atoms with E-state index < -0.39 is 51.7 Å². The van der Waals surface area contributed by atoms with E-state index in [0.29, 0.717) is 24.5 Å². The molecule has 0 radical (unpaired) electrons. The Hall–Kier alpha value is -1.66. The first-order valence-electron chi connectivity index (χ1n) is 11.9. The van der Waals surface area contributed by atoms with Crippen LogP contribution in [-0.2, 0) is 28.6 Å². The van der Waals surface area contributed by atoms with Crippen molar-refractivity contribution in [3.05, 3.63) is 23.4 Å². The molecule has 4 rings (SSSR count). The normalized spacial score (nSPS) is 27.0. The second-order valence-corrected chi connectivity index (χ2v) is 13.3. The Balaban J connectivity index is 1.42. The van der Waals surface area contributed by atoms with Gasteiger partial charge in [-0.25, -0.2) is 9.59 Å². The highest BCUT2D eigenvalue weighted by Gasteiger charge is 2.54. The standard InChI is InChI=1S/C23H28Cl3N3O7S/c1-11-8-15(21(32)35-10-23(24,25)26)29-19(31)17(20(29)37-11)27-18(30)16(14-4-3-7-34-9-14)28-22(33)36-12(2)13-5-6-13/h4,8,11-13,16-17,20H,3,5-7,9-10H2,1-2H3,(H,27,30)(H,28,33)/t11?,12?,16?,17?,20-/m0/s1. The lowest BCUT2D eigenvalue weighted by molar-refractivity contribution is -0.152. The molecule has 2 N–H and O–H groups in total. The number of esters is 1. The van der Waals surface area contributed by atoms with Crippen LogP contribution in [0.2, 0.25) is 0 Å². The van der Waals surface area contributed by atoms with Gasteiger partial charge < -0.3 is 24.8 Å². The first kappa shape index (κ1) is 28.4. The summed E-state index contributed by atoms with van der Waals surface area (Å²) in [5.41, 5.74) is 0.598. The number of alkyl halides is 3. The fraction of sp³-hybridized carbons (Fsp3) is 0.652. The Morgan fingerprint density at radius 1 is 1.30 bits per heavy atom. The van der Waals surface area contributed by atoms with Gasteiger partial charge in [-0.3, -0.25) is 14.5 Å². The van der Waals surface area contributed by atoms with Crippen LogP contribution in [0.3, 0.4) is 0 Å². The van der Waals surface area contributed by atoms with Gasteiger partial charge in [-0.15, -0.1) is 11.8 Å². The van der Waals surface area contributed by atoms with Crippen LogP contribution in [0.4, 0.5) is 4.79 Å². The van der Waals surface area contributed by atoms with Crippen LogP contribution in [0.25, 0.3) is 0 Å². The molecule has 2 fully saturated rings. The molecule has 3 amide bonds. The predicted octanol–water partition coefficient (Wildman–Crippen LogP) is 2.81. The zero-order valence-electron chi connectivity index (χ0n) is 20.2. The zero-order chi connectivity index (χ0) is 26.9. The van der Waals surface area contributed by atoms with Crippen molar-refractivity contribution in [2.24, 2.45) is 5.92 Å². The molecule has 1 aliphatic carbocycles. The van der Waals surface area contributed by atoms with Crippen LogP contribution >= 0.6 is 46.6 Å². The summed E-state index contributed by atoms with van der Waals surface area (Å²) in [6.45, 7) is 3.86. The Bertz CT molecular complexity index is 1010. The quantitative estimate of drug-likeness (QED) is 0.190. The van der Waals surface area contributed by atoms with Crippen LogP contribution in [0, 0.1) is 5.92 Å². The van der Waals surface area contributed by atoms with Gasteiger partial charge >= 0.3 is 12.1 Å². The van der Waals surface area contributed by atoms with Crippen LogP contribution in [-0.4, -0.2) is 81.2 Å². The first-order valence-corrected chi connectivity index (χ1v) is 14.0. The first-order chi connectivity index (χ1) is 17.4. The number of halogens is 3. The molecule has 0 aromatic rings. The van der Waals surface area contributed by atoms with Crippen LogP contribution < -0.4 is 10.6 Å². The minimum Gasteiger partial charge on any atom is -0.456 e. The highest BCUT2D eigenvalue weighted by Crippen LogP contribution is 2.41. The second kappa shape index (κ2) is 11.6. The largest absolute Gasteiger partial charge is 0.456 e. The van der Waals surface area contributed by atoms with E-state index in [-0.39, 0.29) is 23.7 Å². The molecule has 3 heterocycles. The number of nitrogens with one attached hydrogen (secondary N) is 2. The van der Waals surface area contributed by atoms with Crippen molar-refractivity contribution in [1.29, 1.82) is 0 Å². The number of thioether (sulfide) groups is 1. The number of amides is 3. The maximum atomic E-state index is 13.3. The maximum absolute atomic E-state index is 13.3. The van der Waals surface area contributed by atoms with E-state index in [1.165, 1.54) is 16.7 Å². The van der Waals surface area contributed by atoms with E-state index >= 15 is 0 Å². The lowest BCUT2D eigenvalue weighted by atomic mass is 10.0. The summed E-state index contributed by atoms with van der Waals surface area (Å²) in [4.78, 5) is 52.8. The number of ether oxygens (including phenoxy) is 3. The van der Waals surface area contributed by atoms with Gasteiger partial charge in [-0.2, -0.15) is 0 Å². The zero-order valence-corrected chi connectivity index (χ0v) is 23.3. The molecule has 4 unspecified atom stereocenters. The summed E-state index contributed by atoms with van der Waals surface area (Å²) in [6, 6.07) is -1.99. The van der Waals surface area contributed by atoms with E-state index in [1.807, 2.05) is 19.9 Å². The number of carbonyl (C=O) groups excluding carboxylic acids is 4. The van der Waals surface area contributed by atoms with E-state index in [1.54, 1.807) is 6.08 Å². The Morgan fingerprint density at radius 2 is 2.03 bits per heavy atom. The van der Waals surface area contributed by atoms with Gasteiger partial charge in [0.05, 0.1) is 13.2 Å². The molecule has 0 aromatic carbocycles. The molecule has 0 bridgehead atoms. The van der Waals surface area contributed by atoms with Gasteiger partial charge in [0.2, 0.25) is 9.70 Å². The third kappa shape index (κ3) is 7.06. The summed E-state index contributed by atoms with van der Waals surface area (Å²) in [5.74, 6) is -1.54. The SMILES string of the molecule is CC1C=C(C(=O)OCC(Cl)(Cl)Cl)N2C(=O)C(NC(=O)C(NC(=O)OC(C)C3CC3)C3=CCCOC3)[C@@H]2S1. The monoisotopic (exact) mass is 595 g/mol. The summed E-state index contributed by atoms with van der Waals surface area (Å²) in [7, 11) is 0. The number of rotatable bonds is 8. The van der Waals surface area contributed by atoms with E-state index in [0.717, 1.165) is 12.8 Å². The predicted molar refractivity (Wildman–Crippen MR) is 138 cm³/mol. The highest BCUT2D eigenvalue weighted by atomic mass is 35.6. The van der Waals surface area contributed by atoms with E-state index in [2.05, 4.69) is 10.6 Å². The molecule has 3 aliphatic heterocycles. The van der Waals surface area contributed by atoms with Crippen LogP contribution in [0.5, 0.6) is 0 Å². The van der Waals surface area contributed by atoms with Crippen molar-refractivity contribution in [3.63, 3.8) is 0 Å². The molecule has 14 heteroatoms. The van der Waals surface area contributed by atoms with Crippen molar-refractivity contribution in [3.8, 4) is 0 Å². The van der Waals surface area contributed by atoms with Crippen LogP contribution in [0.15, 0.2) is 23.4 Å². The Kier molecular flexibility index (Phi) is 8.90. The van der Waals surface area contributed by atoms with Gasteiger partial charge in [0.1, 0.15) is 35.9 Å². The number of β-lactam (4-membered cyclic amide) rings is 1.